The number of carbonyl (C=O) groups is 3. The van der Waals surface area contributed by atoms with Gasteiger partial charge in [-0.2, -0.15) is 0 Å². The zero-order valence-electron chi connectivity index (χ0n) is 18.4. The molecule has 7 nitrogen and oxygen atoms in total. The number of nitrogens with one attached hydrogen (secondary N) is 2. The van der Waals surface area contributed by atoms with Gasteiger partial charge in [0.05, 0.1) is 6.04 Å². The normalized spacial score (nSPS) is 19.8. The van der Waals surface area contributed by atoms with Crippen molar-refractivity contribution in [2.75, 3.05) is 13.1 Å². The number of carbonyl (C=O) groups excluding carboxylic acids is 3. The number of amides is 3. The van der Waals surface area contributed by atoms with Crippen molar-refractivity contribution in [3.05, 3.63) is 0 Å². The molecule has 9 heteroatoms. The molecule has 0 bridgehead atoms. The summed E-state index contributed by atoms with van der Waals surface area (Å²) >= 11 is 0. The molecule has 0 radical (unpaired) electrons. The summed E-state index contributed by atoms with van der Waals surface area (Å²) in [5.41, 5.74) is 5.34. The Balaban J connectivity index is 2.86. The Morgan fingerprint density at radius 2 is 1.72 bits per heavy atom. The number of nitrogens with two attached hydrogens (primary N) is 1. The topological polar surface area (TPSA) is 105 Å². The van der Waals surface area contributed by atoms with E-state index in [4.69, 9.17) is 5.73 Å². The largest absolute Gasteiger partial charge is 0.354 e. The van der Waals surface area contributed by atoms with Crippen molar-refractivity contribution in [1.82, 2.24) is 15.5 Å². The van der Waals surface area contributed by atoms with Crippen LogP contribution in [-0.2, 0) is 14.4 Å². The van der Waals surface area contributed by atoms with Gasteiger partial charge in [-0.1, -0.05) is 41.5 Å². The average Bonchev–Trinajstić information content (AvgIpc) is 3.05. The highest BCUT2D eigenvalue weighted by atomic mass is 19.3. The van der Waals surface area contributed by atoms with Crippen LogP contribution in [0.5, 0.6) is 0 Å². The van der Waals surface area contributed by atoms with Crippen LogP contribution >= 0.6 is 0 Å². The number of halogens is 2. The van der Waals surface area contributed by atoms with E-state index in [9.17, 15) is 23.2 Å². The molecule has 29 heavy (non-hydrogen) atoms. The lowest BCUT2D eigenvalue weighted by Crippen LogP contribution is -2.57. The minimum absolute atomic E-state index is 0.229. The number of hydrogen-bond acceptors (Lipinski definition) is 4. The second-order valence-electron chi connectivity index (χ2n) is 10.00. The molecule has 1 aliphatic heterocycles. The van der Waals surface area contributed by atoms with Crippen LogP contribution in [0.1, 0.15) is 60.8 Å². The van der Waals surface area contributed by atoms with Gasteiger partial charge in [-0.15, -0.1) is 0 Å². The number of hydrogen-bond donors (Lipinski definition) is 3. The molecule has 3 amide bonds. The molecule has 1 saturated heterocycles. The Morgan fingerprint density at radius 3 is 2.21 bits per heavy atom. The first kappa shape index (κ1) is 25.3. The third-order valence-electron chi connectivity index (χ3n) is 4.88. The number of nitrogens with zero attached hydrogens (tertiary/aromatic N) is 1. The Hall–Kier alpha value is -1.77. The van der Waals surface area contributed by atoms with E-state index in [1.165, 1.54) is 4.90 Å². The lowest BCUT2D eigenvalue weighted by Gasteiger charge is -2.33. The van der Waals surface area contributed by atoms with Crippen molar-refractivity contribution in [2.45, 2.75) is 85.4 Å². The lowest BCUT2D eigenvalue weighted by molar-refractivity contribution is -0.142. The minimum atomic E-state index is -2.75. The molecule has 0 aromatic heterocycles. The maximum Gasteiger partial charge on any atom is 0.243 e. The van der Waals surface area contributed by atoms with E-state index < -0.39 is 48.2 Å². The molecule has 0 aromatic carbocycles. The van der Waals surface area contributed by atoms with Crippen molar-refractivity contribution in [2.24, 2.45) is 16.6 Å². The van der Waals surface area contributed by atoms with Gasteiger partial charge in [-0.05, 0) is 23.7 Å². The average molecular weight is 419 g/mol. The van der Waals surface area contributed by atoms with Gasteiger partial charge in [0, 0.05) is 19.5 Å². The van der Waals surface area contributed by atoms with Crippen LogP contribution < -0.4 is 16.4 Å². The first-order valence-electron chi connectivity index (χ1n) is 10.1. The van der Waals surface area contributed by atoms with E-state index in [-0.39, 0.29) is 17.9 Å². The van der Waals surface area contributed by atoms with Crippen molar-refractivity contribution in [3.8, 4) is 0 Å². The molecule has 0 unspecified atom stereocenters. The summed E-state index contributed by atoms with van der Waals surface area (Å²) < 4.78 is 26.0. The van der Waals surface area contributed by atoms with Crippen molar-refractivity contribution < 1.29 is 23.2 Å². The molecule has 4 N–H and O–H groups in total. The smallest absolute Gasteiger partial charge is 0.243 e. The van der Waals surface area contributed by atoms with Crippen molar-refractivity contribution >= 4 is 17.7 Å². The summed E-state index contributed by atoms with van der Waals surface area (Å²) in [6.45, 7) is 11.8. The van der Waals surface area contributed by atoms with E-state index in [1.54, 1.807) is 0 Å². The van der Waals surface area contributed by atoms with Gasteiger partial charge in [-0.25, -0.2) is 8.78 Å². The SMILES string of the molecule is CC(C)(C)CNC(=O)[C@H](CC(F)F)NC(=O)[C@@H]1CCCN1C(=O)[C@@H](N)C(C)(C)C. The van der Waals surface area contributed by atoms with E-state index in [0.717, 1.165) is 0 Å². The van der Waals surface area contributed by atoms with Gasteiger partial charge < -0.3 is 21.3 Å². The Morgan fingerprint density at radius 1 is 1.14 bits per heavy atom. The fourth-order valence-corrected chi connectivity index (χ4v) is 3.01. The summed E-state index contributed by atoms with van der Waals surface area (Å²) in [6, 6.07) is -2.96. The molecular weight excluding hydrogens is 382 g/mol. The standard InChI is InChI=1S/C20H36F2N4O3/c1-19(2,3)11-24-16(27)12(10-14(21)22)25-17(28)13-8-7-9-26(13)18(29)15(23)20(4,5)6/h12-15H,7-11,23H2,1-6H3,(H,24,27)(H,25,28)/t12-,13-,15+/m0/s1. The van der Waals surface area contributed by atoms with Crippen LogP contribution in [0, 0.1) is 10.8 Å². The zero-order chi connectivity index (χ0) is 22.6. The molecule has 168 valence electrons. The molecule has 0 aromatic rings. The van der Waals surface area contributed by atoms with Gasteiger partial charge in [-0.3, -0.25) is 14.4 Å². The van der Waals surface area contributed by atoms with Gasteiger partial charge in [0.1, 0.15) is 12.1 Å². The quantitative estimate of drug-likeness (QED) is 0.585. The molecule has 0 saturated carbocycles. The number of rotatable bonds is 7. The van der Waals surface area contributed by atoms with Crippen LogP contribution in [-0.4, -0.2) is 60.3 Å². The fraction of sp³-hybridized carbons (Fsp3) is 0.850. The minimum Gasteiger partial charge on any atom is -0.354 e. The molecule has 0 spiro atoms. The van der Waals surface area contributed by atoms with Crippen molar-refractivity contribution in [1.29, 1.82) is 0 Å². The van der Waals surface area contributed by atoms with Gasteiger partial charge in [0.15, 0.2) is 0 Å². The third-order valence-corrected chi connectivity index (χ3v) is 4.88. The Kier molecular flexibility index (Phi) is 8.56. The predicted octanol–water partition coefficient (Wildman–Crippen LogP) is 1.65. The highest BCUT2D eigenvalue weighted by Gasteiger charge is 2.40. The van der Waals surface area contributed by atoms with E-state index in [0.29, 0.717) is 19.4 Å². The lowest BCUT2D eigenvalue weighted by atomic mass is 9.86. The van der Waals surface area contributed by atoms with Crippen LogP contribution in [0.25, 0.3) is 0 Å². The van der Waals surface area contributed by atoms with Crippen LogP contribution in [0.3, 0.4) is 0 Å². The van der Waals surface area contributed by atoms with Crippen LogP contribution in [0.15, 0.2) is 0 Å². The number of alkyl halides is 2. The van der Waals surface area contributed by atoms with Crippen molar-refractivity contribution in [3.63, 3.8) is 0 Å². The number of likely N-dealkylation sites (tertiary alicyclic amines) is 1. The molecule has 1 aliphatic rings. The first-order chi connectivity index (χ1) is 13.1. The first-order valence-corrected chi connectivity index (χ1v) is 10.1. The highest BCUT2D eigenvalue weighted by molar-refractivity contribution is 5.93. The molecule has 1 heterocycles. The Labute approximate surface area is 172 Å². The molecule has 3 atom stereocenters. The fourth-order valence-electron chi connectivity index (χ4n) is 3.01. The Bertz CT molecular complexity index is 600. The van der Waals surface area contributed by atoms with Gasteiger partial charge in [0.25, 0.3) is 0 Å². The third kappa shape index (κ3) is 7.87. The monoisotopic (exact) mass is 418 g/mol. The molecule has 0 aliphatic carbocycles. The summed E-state index contributed by atoms with van der Waals surface area (Å²) in [6.07, 6.45) is -2.53. The van der Waals surface area contributed by atoms with E-state index in [1.807, 2.05) is 41.5 Å². The highest BCUT2D eigenvalue weighted by Crippen LogP contribution is 2.24. The summed E-state index contributed by atoms with van der Waals surface area (Å²) in [4.78, 5) is 39.3. The summed E-state index contributed by atoms with van der Waals surface area (Å²) in [7, 11) is 0. The van der Waals surface area contributed by atoms with Gasteiger partial charge >= 0.3 is 0 Å². The van der Waals surface area contributed by atoms with Crippen LogP contribution in [0.4, 0.5) is 8.78 Å². The summed E-state index contributed by atoms with van der Waals surface area (Å²) in [5.74, 6) is -1.61. The molecule has 1 fully saturated rings. The maximum atomic E-state index is 13.0. The molecular formula is C20H36F2N4O3. The molecule has 1 rings (SSSR count). The summed E-state index contributed by atoms with van der Waals surface area (Å²) in [5, 5.41) is 5.03. The van der Waals surface area contributed by atoms with Crippen LogP contribution in [0.2, 0.25) is 0 Å². The second-order valence-corrected chi connectivity index (χ2v) is 10.00. The van der Waals surface area contributed by atoms with Gasteiger partial charge in [0.2, 0.25) is 24.1 Å². The van der Waals surface area contributed by atoms with E-state index >= 15 is 0 Å². The maximum absolute atomic E-state index is 13.0. The second kappa shape index (κ2) is 9.82. The predicted molar refractivity (Wildman–Crippen MR) is 107 cm³/mol. The van der Waals surface area contributed by atoms with E-state index in [2.05, 4.69) is 10.6 Å². The zero-order valence-corrected chi connectivity index (χ0v) is 18.4.